The van der Waals surface area contributed by atoms with Crippen LogP contribution in [0, 0.1) is 6.92 Å². The van der Waals surface area contributed by atoms with Crippen LogP contribution < -0.4 is 10.1 Å². The molecule has 0 amide bonds. The third kappa shape index (κ3) is 2.42. The highest BCUT2D eigenvalue weighted by atomic mass is 16.5. The number of H-pyrrole nitrogens is 1. The minimum absolute atomic E-state index is 0.655. The third-order valence-electron chi connectivity index (χ3n) is 2.96. The van der Waals surface area contributed by atoms with Gasteiger partial charge in [-0.25, -0.2) is 4.98 Å². The maximum Gasteiger partial charge on any atom is 0.121 e. The first kappa shape index (κ1) is 12.5. The molecule has 0 spiro atoms. The van der Waals surface area contributed by atoms with Crippen LogP contribution in [0.2, 0.25) is 0 Å². The lowest BCUT2D eigenvalue weighted by Gasteiger charge is -2.10. The minimum atomic E-state index is 0.655. The smallest absolute Gasteiger partial charge is 0.121 e. The molecule has 0 saturated heterocycles. The van der Waals surface area contributed by atoms with Crippen molar-refractivity contribution in [2.75, 3.05) is 11.9 Å². The number of ether oxygens (including phenoxy) is 1. The normalized spacial score (nSPS) is 10.7. The van der Waals surface area contributed by atoms with Gasteiger partial charge in [-0.1, -0.05) is 6.07 Å². The van der Waals surface area contributed by atoms with Gasteiger partial charge in [-0.15, -0.1) is 0 Å². The van der Waals surface area contributed by atoms with Crippen molar-refractivity contribution in [3.8, 4) is 5.75 Å². The summed E-state index contributed by atoms with van der Waals surface area (Å²) in [5, 5.41) is 10.4. The van der Waals surface area contributed by atoms with E-state index in [4.69, 9.17) is 4.74 Å². The molecular formula is C15H16N4O. The Morgan fingerprint density at radius 2 is 2.20 bits per heavy atom. The maximum absolute atomic E-state index is 5.51. The number of anilines is 2. The van der Waals surface area contributed by atoms with Gasteiger partial charge in [-0.3, -0.25) is 5.10 Å². The zero-order valence-corrected chi connectivity index (χ0v) is 11.5. The number of aromatic nitrogens is 3. The summed E-state index contributed by atoms with van der Waals surface area (Å²) < 4.78 is 5.51. The number of aryl methyl sites for hydroxylation is 1. The van der Waals surface area contributed by atoms with Crippen molar-refractivity contribution in [2.45, 2.75) is 13.8 Å². The fourth-order valence-corrected chi connectivity index (χ4v) is 2.15. The fourth-order valence-electron chi connectivity index (χ4n) is 2.15. The molecule has 0 bridgehead atoms. The standard InChI is InChI=1S/C15H16N4O/c1-3-20-12-6-4-5-11(8-12)18-13-7-10(2)17-14-9-16-19-15(13)14/h4-9H,3H2,1-2H3,(H,16,19)(H,17,18). The minimum Gasteiger partial charge on any atom is -0.494 e. The van der Waals surface area contributed by atoms with Crippen LogP contribution >= 0.6 is 0 Å². The Balaban J connectivity index is 1.96. The molecule has 5 nitrogen and oxygen atoms in total. The first-order valence-electron chi connectivity index (χ1n) is 6.57. The van der Waals surface area contributed by atoms with E-state index in [1.54, 1.807) is 6.20 Å². The van der Waals surface area contributed by atoms with Crippen LogP contribution in [0.25, 0.3) is 11.0 Å². The molecule has 3 aromatic rings. The number of nitrogens with one attached hydrogen (secondary N) is 2. The highest BCUT2D eigenvalue weighted by Gasteiger charge is 2.06. The molecule has 2 aromatic heterocycles. The quantitative estimate of drug-likeness (QED) is 0.761. The maximum atomic E-state index is 5.51. The molecule has 1 aromatic carbocycles. The lowest BCUT2D eigenvalue weighted by atomic mass is 10.2. The van der Waals surface area contributed by atoms with Crippen molar-refractivity contribution in [3.05, 3.63) is 42.2 Å². The Hall–Kier alpha value is -2.56. The summed E-state index contributed by atoms with van der Waals surface area (Å²) in [7, 11) is 0. The fraction of sp³-hybridized carbons (Fsp3) is 0.200. The summed E-state index contributed by atoms with van der Waals surface area (Å²) in [5.41, 5.74) is 4.63. The third-order valence-corrected chi connectivity index (χ3v) is 2.96. The predicted molar refractivity (Wildman–Crippen MR) is 79.5 cm³/mol. The van der Waals surface area contributed by atoms with E-state index in [1.807, 2.05) is 44.2 Å². The van der Waals surface area contributed by atoms with Crippen LogP contribution in [0.1, 0.15) is 12.6 Å². The van der Waals surface area contributed by atoms with Gasteiger partial charge in [0.05, 0.1) is 18.5 Å². The van der Waals surface area contributed by atoms with E-state index in [1.165, 1.54) is 0 Å². The van der Waals surface area contributed by atoms with Gasteiger partial charge in [0.1, 0.15) is 16.8 Å². The topological polar surface area (TPSA) is 62.8 Å². The van der Waals surface area contributed by atoms with E-state index in [-0.39, 0.29) is 0 Å². The molecule has 0 atom stereocenters. The van der Waals surface area contributed by atoms with E-state index in [0.29, 0.717) is 6.61 Å². The largest absolute Gasteiger partial charge is 0.494 e. The van der Waals surface area contributed by atoms with Crippen molar-refractivity contribution in [1.29, 1.82) is 0 Å². The van der Waals surface area contributed by atoms with Crippen LogP contribution in [-0.2, 0) is 0 Å². The van der Waals surface area contributed by atoms with Crippen molar-refractivity contribution in [3.63, 3.8) is 0 Å². The van der Waals surface area contributed by atoms with Gasteiger partial charge in [-0.05, 0) is 32.0 Å². The molecule has 3 rings (SSSR count). The van der Waals surface area contributed by atoms with E-state index in [2.05, 4.69) is 20.5 Å². The van der Waals surface area contributed by atoms with E-state index < -0.39 is 0 Å². The number of hydrogen-bond donors (Lipinski definition) is 2. The lowest BCUT2D eigenvalue weighted by Crippen LogP contribution is -1.96. The molecule has 2 N–H and O–H groups in total. The Morgan fingerprint density at radius 3 is 3.05 bits per heavy atom. The molecule has 102 valence electrons. The molecular weight excluding hydrogens is 252 g/mol. The molecule has 0 saturated carbocycles. The molecule has 0 aliphatic carbocycles. The van der Waals surface area contributed by atoms with Crippen LogP contribution in [0.4, 0.5) is 11.4 Å². The summed E-state index contributed by atoms with van der Waals surface area (Å²) in [6, 6.07) is 9.87. The molecule has 0 fully saturated rings. The van der Waals surface area contributed by atoms with Gasteiger partial charge in [0.15, 0.2) is 0 Å². The zero-order valence-electron chi connectivity index (χ0n) is 11.5. The first-order valence-corrected chi connectivity index (χ1v) is 6.57. The summed E-state index contributed by atoms with van der Waals surface area (Å²) >= 11 is 0. The van der Waals surface area contributed by atoms with Crippen LogP contribution in [-0.4, -0.2) is 21.8 Å². The van der Waals surface area contributed by atoms with Gasteiger partial charge >= 0.3 is 0 Å². The predicted octanol–water partition coefficient (Wildman–Crippen LogP) is 3.41. The summed E-state index contributed by atoms with van der Waals surface area (Å²) in [6.07, 6.45) is 1.73. The first-order chi connectivity index (χ1) is 9.76. The highest BCUT2D eigenvalue weighted by molar-refractivity contribution is 5.89. The molecule has 0 radical (unpaired) electrons. The Kier molecular flexibility index (Phi) is 3.25. The summed E-state index contributed by atoms with van der Waals surface area (Å²) in [6.45, 7) is 4.59. The van der Waals surface area contributed by atoms with Gasteiger partial charge in [0, 0.05) is 17.4 Å². The summed E-state index contributed by atoms with van der Waals surface area (Å²) in [4.78, 5) is 4.43. The molecule has 2 heterocycles. The number of nitrogens with zero attached hydrogens (tertiary/aromatic N) is 2. The number of hydrogen-bond acceptors (Lipinski definition) is 4. The van der Waals surface area contributed by atoms with Crippen molar-refractivity contribution in [2.24, 2.45) is 0 Å². The van der Waals surface area contributed by atoms with Crippen molar-refractivity contribution in [1.82, 2.24) is 15.2 Å². The number of benzene rings is 1. The average Bonchev–Trinajstić information content (AvgIpc) is 2.87. The van der Waals surface area contributed by atoms with E-state index in [0.717, 1.165) is 33.9 Å². The Labute approximate surface area is 117 Å². The number of pyridine rings is 1. The molecule has 0 aliphatic rings. The molecule has 20 heavy (non-hydrogen) atoms. The highest BCUT2D eigenvalue weighted by Crippen LogP contribution is 2.26. The zero-order chi connectivity index (χ0) is 13.9. The van der Waals surface area contributed by atoms with E-state index in [9.17, 15) is 0 Å². The van der Waals surface area contributed by atoms with Gasteiger partial charge in [0.2, 0.25) is 0 Å². The monoisotopic (exact) mass is 268 g/mol. The number of rotatable bonds is 4. The van der Waals surface area contributed by atoms with Gasteiger partial charge in [0.25, 0.3) is 0 Å². The lowest BCUT2D eigenvalue weighted by molar-refractivity contribution is 0.340. The average molecular weight is 268 g/mol. The second-order valence-corrected chi connectivity index (χ2v) is 4.53. The van der Waals surface area contributed by atoms with Crippen LogP contribution in [0.5, 0.6) is 5.75 Å². The molecule has 5 heteroatoms. The molecule has 0 unspecified atom stereocenters. The van der Waals surface area contributed by atoms with E-state index >= 15 is 0 Å². The van der Waals surface area contributed by atoms with Crippen molar-refractivity contribution >= 4 is 22.4 Å². The van der Waals surface area contributed by atoms with Crippen molar-refractivity contribution < 1.29 is 4.74 Å². The second-order valence-electron chi connectivity index (χ2n) is 4.53. The van der Waals surface area contributed by atoms with Gasteiger partial charge in [-0.2, -0.15) is 5.10 Å². The molecule has 0 aliphatic heterocycles. The SMILES string of the molecule is CCOc1cccc(Nc2cc(C)nc3cn[nH]c23)c1. The second kappa shape index (κ2) is 5.21. The van der Waals surface area contributed by atoms with Crippen LogP contribution in [0.15, 0.2) is 36.5 Å². The Morgan fingerprint density at radius 1 is 1.30 bits per heavy atom. The summed E-state index contributed by atoms with van der Waals surface area (Å²) in [5.74, 6) is 0.851. The van der Waals surface area contributed by atoms with Gasteiger partial charge < -0.3 is 10.1 Å². The van der Waals surface area contributed by atoms with Crippen LogP contribution in [0.3, 0.4) is 0 Å². The number of aromatic amines is 1. The Bertz CT molecular complexity index is 736. The number of fused-ring (bicyclic) bond motifs is 1.